The number of rotatable bonds is 5. The Labute approximate surface area is 168 Å². The quantitative estimate of drug-likeness (QED) is 0.636. The standard InChI is InChI=1S/C16H15ClF2N4O3S2/c1-7-12(17)13(14(18)19)22-23(7)8(2)15(24)21-16-20-10-5-4-9(28(3,25)26)6-11(10)27-16/h4-6,8,14H,1-3H3,(H,20,21,24). The maximum absolute atomic E-state index is 13.0. The monoisotopic (exact) mass is 448 g/mol. The summed E-state index contributed by atoms with van der Waals surface area (Å²) in [6.45, 7) is 2.99. The van der Waals surface area contributed by atoms with Gasteiger partial charge in [0.25, 0.3) is 12.3 Å². The smallest absolute Gasteiger partial charge is 0.283 e. The van der Waals surface area contributed by atoms with E-state index in [1.54, 1.807) is 6.07 Å². The molecule has 0 aliphatic heterocycles. The molecule has 0 aliphatic carbocycles. The van der Waals surface area contributed by atoms with Gasteiger partial charge in [0.1, 0.15) is 11.7 Å². The first-order valence-electron chi connectivity index (χ1n) is 7.93. The van der Waals surface area contributed by atoms with Crippen LogP contribution in [-0.4, -0.2) is 35.3 Å². The molecule has 1 unspecified atom stereocenters. The minimum Gasteiger partial charge on any atom is -0.300 e. The molecule has 0 bridgehead atoms. The van der Waals surface area contributed by atoms with Crippen LogP contribution in [0.25, 0.3) is 10.2 Å². The fourth-order valence-electron chi connectivity index (χ4n) is 2.55. The van der Waals surface area contributed by atoms with Gasteiger partial charge in [0.05, 0.1) is 25.8 Å². The summed E-state index contributed by atoms with van der Waals surface area (Å²) in [4.78, 5) is 16.9. The summed E-state index contributed by atoms with van der Waals surface area (Å²) in [5, 5.41) is 6.42. The second-order valence-corrected chi connectivity index (χ2v) is 9.54. The lowest BCUT2D eigenvalue weighted by molar-refractivity contribution is -0.119. The van der Waals surface area contributed by atoms with Crippen molar-refractivity contribution < 1.29 is 22.0 Å². The third kappa shape index (κ3) is 3.87. The molecule has 0 radical (unpaired) electrons. The number of hydrogen-bond acceptors (Lipinski definition) is 6. The molecule has 3 rings (SSSR count). The van der Waals surface area contributed by atoms with Crippen LogP contribution in [0, 0.1) is 6.92 Å². The molecule has 0 fully saturated rings. The molecule has 1 atom stereocenters. The summed E-state index contributed by atoms with van der Waals surface area (Å²) in [7, 11) is -3.36. The van der Waals surface area contributed by atoms with Crippen molar-refractivity contribution >= 4 is 54.0 Å². The molecule has 0 saturated carbocycles. The number of halogens is 3. The zero-order chi connectivity index (χ0) is 20.8. The van der Waals surface area contributed by atoms with E-state index in [0.717, 1.165) is 22.3 Å². The van der Waals surface area contributed by atoms with E-state index in [1.807, 2.05) is 0 Å². The molecule has 150 valence electrons. The van der Waals surface area contributed by atoms with Gasteiger partial charge in [-0.05, 0) is 32.0 Å². The molecule has 3 aromatic rings. The van der Waals surface area contributed by atoms with Crippen molar-refractivity contribution in [2.45, 2.75) is 31.2 Å². The van der Waals surface area contributed by atoms with E-state index >= 15 is 0 Å². The third-order valence-electron chi connectivity index (χ3n) is 4.07. The number of hydrogen-bond donors (Lipinski definition) is 1. The average Bonchev–Trinajstić information content (AvgIpc) is 3.13. The Morgan fingerprint density at radius 2 is 2.04 bits per heavy atom. The molecule has 28 heavy (non-hydrogen) atoms. The van der Waals surface area contributed by atoms with Crippen molar-refractivity contribution in [1.82, 2.24) is 14.8 Å². The van der Waals surface area contributed by atoms with Crippen LogP contribution in [0.5, 0.6) is 0 Å². The number of nitrogens with zero attached hydrogens (tertiary/aromatic N) is 3. The first-order chi connectivity index (χ1) is 13.0. The van der Waals surface area contributed by atoms with Crippen LogP contribution in [0.4, 0.5) is 13.9 Å². The molecule has 0 saturated heterocycles. The predicted octanol–water partition coefficient (Wildman–Crippen LogP) is 4.00. The summed E-state index contributed by atoms with van der Waals surface area (Å²) in [6.07, 6.45) is -1.75. The lowest BCUT2D eigenvalue weighted by atomic mass is 10.3. The lowest BCUT2D eigenvalue weighted by Gasteiger charge is -2.13. The topological polar surface area (TPSA) is 93.9 Å². The van der Waals surface area contributed by atoms with Crippen molar-refractivity contribution in [2.75, 3.05) is 11.6 Å². The number of anilines is 1. The van der Waals surface area contributed by atoms with Crippen LogP contribution in [0.2, 0.25) is 5.02 Å². The van der Waals surface area contributed by atoms with E-state index < -0.39 is 33.9 Å². The Morgan fingerprint density at radius 3 is 2.61 bits per heavy atom. The summed E-state index contributed by atoms with van der Waals surface area (Å²) >= 11 is 6.97. The van der Waals surface area contributed by atoms with E-state index in [1.165, 1.54) is 26.0 Å². The normalized spacial score (nSPS) is 13.2. The molecule has 1 N–H and O–H groups in total. The first-order valence-corrected chi connectivity index (χ1v) is 11.0. The largest absolute Gasteiger partial charge is 0.300 e. The van der Waals surface area contributed by atoms with Crippen molar-refractivity contribution in [1.29, 1.82) is 0 Å². The Morgan fingerprint density at radius 1 is 1.36 bits per heavy atom. The maximum atomic E-state index is 13.0. The van der Waals surface area contributed by atoms with Gasteiger partial charge in [-0.15, -0.1) is 0 Å². The molecular weight excluding hydrogens is 434 g/mol. The van der Waals surface area contributed by atoms with Gasteiger partial charge in [0, 0.05) is 6.26 Å². The highest BCUT2D eigenvalue weighted by atomic mass is 35.5. The second kappa shape index (κ2) is 7.37. The Kier molecular flexibility index (Phi) is 5.43. The van der Waals surface area contributed by atoms with E-state index in [-0.39, 0.29) is 20.7 Å². The molecule has 12 heteroatoms. The van der Waals surface area contributed by atoms with Crippen molar-refractivity contribution in [3.05, 3.63) is 34.6 Å². The van der Waals surface area contributed by atoms with Gasteiger partial charge >= 0.3 is 0 Å². The van der Waals surface area contributed by atoms with E-state index in [0.29, 0.717) is 10.2 Å². The van der Waals surface area contributed by atoms with E-state index in [4.69, 9.17) is 11.6 Å². The average molecular weight is 449 g/mol. The van der Waals surface area contributed by atoms with Gasteiger partial charge < -0.3 is 5.32 Å². The number of alkyl halides is 2. The van der Waals surface area contributed by atoms with Crippen LogP contribution in [-0.2, 0) is 14.6 Å². The number of nitrogens with one attached hydrogen (secondary N) is 1. The maximum Gasteiger partial charge on any atom is 0.283 e. The molecule has 7 nitrogen and oxygen atoms in total. The van der Waals surface area contributed by atoms with Crippen LogP contribution < -0.4 is 5.32 Å². The number of benzene rings is 1. The van der Waals surface area contributed by atoms with Crippen molar-refractivity contribution in [2.24, 2.45) is 0 Å². The highest BCUT2D eigenvalue weighted by Crippen LogP contribution is 2.31. The zero-order valence-corrected chi connectivity index (χ0v) is 17.3. The van der Waals surface area contributed by atoms with Crippen LogP contribution in [0.15, 0.2) is 23.1 Å². The second-order valence-electron chi connectivity index (χ2n) is 6.12. The minimum atomic E-state index is -3.36. The third-order valence-corrected chi connectivity index (χ3v) is 6.58. The van der Waals surface area contributed by atoms with Gasteiger partial charge in [0.15, 0.2) is 15.0 Å². The number of carbonyl (C=O) groups is 1. The number of thiazole rings is 1. The molecule has 1 amide bonds. The molecular formula is C16H15ClF2N4O3S2. The van der Waals surface area contributed by atoms with E-state index in [9.17, 15) is 22.0 Å². The number of aromatic nitrogens is 3. The molecule has 0 aliphatic rings. The minimum absolute atomic E-state index is 0.149. The lowest BCUT2D eigenvalue weighted by Crippen LogP contribution is -2.25. The van der Waals surface area contributed by atoms with Crippen LogP contribution in [0.1, 0.15) is 30.8 Å². The highest BCUT2D eigenvalue weighted by molar-refractivity contribution is 7.90. The zero-order valence-electron chi connectivity index (χ0n) is 14.9. The summed E-state index contributed by atoms with van der Waals surface area (Å²) < 4.78 is 50.9. The van der Waals surface area contributed by atoms with Gasteiger partial charge in [-0.2, -0.15) is 5.10 Å². The number of amides is 1. The SMILES string of the molecule is Cc1c(Cl)c(C(F)F)nn1C(C)C(=O)Nc1nc2ccc(S(C)(=O)=O)cc2s1. The number of carbonyl (C=O) groups excluding carboxylic acids is 1. The summed E-state index contributed by atoms with van der Waals surface area (Å²) in [5.41, 5.74) is 0.201. The first kappa shape index (κ1) is 20.6. The summed E-state index contributed by atoms with van der Waals surface area (Å²) in [6, 6.07) is 3.55. The van der Waals surface area contributed by atoms with E-state index in [2.05, 4.69) is 15.4 Å². The fraction of sp³-hybridized carbons (Fsp3) is 0.312. The van der Waals surface area contributed by atoms with Gasteiger partial charge in [-0.1, -0.05) is 22.9 Å². The highest BCUT2D eigenvalue weighted by Gasteiger charge is 2.26. The molecule has 2 heterocycles. The Hall–Kier alpha value is -2.11. The van der Waals surface area contributed by atoms with Crippen LogP contribution >= 0.6 is 22.9 Å². The fourth-order valence-corrected chi connectivity index (χ4v) is 4.38. The molecule has 0 spiro atoms. The van der Waals surface area contributed by atoms with Crippen LogP contribution in [0.3, 0.4) is 0 Å². The molecule has 1 aromatic carbocycles. The Bertz CT molecular complexity index is 1170. The predicted molar refractivity (Wildman–Crippen MR) is 103 cm³/mol. The van der Waals surface area contributed by atoms with Gasteiger partial charge in [0.2, 0.25) is 0 Å². The number of sulfone groups is 1. The number of fused-ring (bicyclic) bond motifs is 1. The van der Waals surface area contributed by atoms with Gasteiger partial charge in [-0.25, -0.2) is 22.2 Å². The van der Waals surface area contributed by atoms with Crippen molar-refractivity contribution in [3.8, 4) is 0 Å². The molecule has 2 aromatic heterocycles. The van der Waals surface area contributed by atoms with Crippen molar-refractivity contribution in [3.63, 3.8) is 0 Å². The van der Waals surface area contributed by atoms with Gasteiger partial charge in [-0.3, -0.25) is 9.48 Å². The Balaban J connectivity index is 1.85. The summed E-state index contributed by atoms with van der Waals surface area (Å²) in [5.74, 6) is -0.523.